The number of aliphatic carboxylic acids is 1. The molecule has 0 radical (unpaired) electrons. The van der Waals surface area contributed by atoms with Crippen molar-refractivity contribution in [3.05, 3.63) is 0 Å². The van der Waals surface area contributed by atoms with Crippen LogP contribution in [0.3, 0.4) is 0 Å². The lowest BCUT2D eigenvalue weighted by Gasteiger charge is -2.61. The summed E-state index contributed by atoms with van der Waals surface area (Å²) in [7, 11) is 0. The minimum atomic E-state index is -0.762. The van der Waals surface area contributed by atoms with Crippen LogP contribution >= 0.6 is 0 Å². The third-order valence-electron chi connectivity index (χ3n) is 10.1. The van der Waals surface area contributed by atoms with Gasteiger partial charge in [-0.15, -0.1) is 0 Å². The van der Waals surface area contributed by atoms with E-state index in [-0.39, 0.29) is 58.9 Å². The molecule has 0 aliphatic heterocycles. The van der Waals surface area contributed by atoms with Crippen LogP contribution in [0.4, 0.5) is 0 Å². The molecule has 5 heteroatoms. The Morgan fingerprint density at radius 1 is 1.14 bits per heavy atom. The standard InChI is InChI=1S/C24H38O5/c1-13(4-7-21(28)29)16-5-6-17-22-18(12-20(27)24(16,17)3)23(2)9-8-15(25)10-14(23)11-19(22)26/h13-18,20,22,25,27H,4-12H2,1-3H3,(H,28,29)/t13-,14+,15+,16-,17+,18+,20+,22+,23+,24-/m1/s1. The number of aliphatic hydroxyl groups excluding tert-OH is 2. The van der Waals surface area contributed by atoms with Crippen molar-refractivity contribution in [1.82, 2.24) is 0 Å². The van der Waals surface area contributed by atoms with Crippen LogP contribution in [0.2, 0.25) is 0 Å². The Bertz CT molecular complexity index is 676. The van der Waals surface area contributed by atoms with Crippen molar-refractivity contribution >= 4 is 11.8 Å². The van der Waals surface area contributed by atoms with Crippen LogP contribution in [0.15, 0.2) is 0 Å². The normalized spacial score (nSPS) is 50.4. The Balaban J connectivity index is 1.62. The summed E-state index contributed by atoms with van der Waals surface area (Å²) in [5.74, 6) is 0.775. The molecular weight excluding hydrogens is 368 g/mol. The van der Waals surface area contributed by atoms with Crippen molar-refractivity contribution < 1.29 is 24.9 Å². The van der Waals surface area contributed by atoms with Crippen molar-refractivity contribution in [2.45, 2.75) is 90.8 Å². The molecule has 0 aromatic rings. The van der Waals surface area contributed by atoms with E-state index in [1.54, 1.807) is 0 Å². The topological polar surface area (TPSA) is 94.8 Å². The molecule has 0 aromatic carbocycles. The van der Waals surface area contributed by atoms with Gasteiger partial charge in [-0.3, -0.25) is 9.59 Å². The molecule has 4 aliphatic carbocycles. The summed E-state index contributed by atoms with van der Waals surface area (Å²) in [6.45, 7) is 6.62. The summed E-state index contributed by atoms with van der Waals surface area (Å²) in [5.41, 5.74) is -0.265. The fourth-order valence-corrected chi connectivity index (χ4v) is 8.40. The lowest BCUT2D eigenvalue weighted by Crippen LogP contribution is -2.61. The molecule has 10 atom stereocenters. The lowest BCUT2D eigenvalue weighted by atomic mass is 9.43. The highest BCUT2D eigenvalue weighted by molar-refractivity contribution is 5.83. The molecule has 164 valence electrons. The van der Waals surface area contributed by atoms with E-state index in [0.29, 0.717) is 25.0 Å². The van der Waals surface area contributed by atoms with Crippen molar-refractivity contribution in [2.24, 2.45) is 46.3 Å². The molecule has 4 rings (SSSR count). The van der Waals surface area contributed by atoms with Crippen LogP contribution in [0.5, 0.6) is 0 Å². The molecule has 4 fully saturated rings. The van der Waals surface area contributed by atoms with Crippen LogP contribution in [-0.2, 0) is 9.59 Å². The van der Waals surface area contributed by atoms with Gasteiger partial charge in [0, 0.05) is 24.2 Å². The molecule has 0 aromatic heterocycles. The first-order valence-corrected chi connectivity index (χ1v) is 11.7. The minimum Gasteiger partial charge on any atom is -0.481 e. The van der Waals surface area contributed by atoms with Gasteiger partial charge in [0.1, 0.15) is 5.78 Å². The van der Waals surface area contributed by atoms with Crippen molar-refractivity contribution in [2.75, 3.05) is 0 Å². The predicted octanol–water partition coefficient (Wildman–Crippen LogP) is 3.66. The maximum atomic E-state index is 13.4. The highest BCUT2D eigenvalue weighted by atomic mass is 16.4. The first-order chi connectivity index (χ1) is 13.6. The molecule has 0 bridgehead atoms. The quantitative estimate of drug-likeness (QED) is 0.662. The third kappa shape index (κ3) is 3.18. The maximum Gasteiger partial charge on any atom is 0.303 e. The number of hydrogen-bond donors (Lipinski definition) is 3. The van der Waals surface area contributed by atoms with Gasteiger partial charge < -0.3 is 15.3 Å². The van der Waals surface area contributed by atoms with Gasteiger partial charge in [0.15, 0.2) is 0 Å². The smallest absolute Gasteiger partial charge is 0.303 e. The molecule has 5 nitrogen and oxygen atoms in total. The highest BCUT2D eigenvalue weighted by Crippen LogP contribution is 2.67. The van der Waals surface area contributed by atoms with E-state index in [9.17, 15) is 19.8 Å². The molecule has 0 spiro atoms. The SMILES string of the molecule is C[C@H](CCC(=O)O)[C@H]1CC[C@H]2[C@@H]3C(=O)C[C@@H]4C[C@@H](O)CC[C@]4(C)[C@H]3C[C@H](O)[C@]12C. The lowest BCUT2D eigenvalue weighted by molar-refractivity contribution is -0.182. The van der Waals surface area contributed by atoms with Gasteiger partial charge in [-0.1, -0.05) is 20.8 Å². The number of carboxylic acids is 1. The Labute approximate surface area is 174 Å². The van der Waals surface area contributed by atoms with Crippen LogP contribution < -0.4 is 0 Å². The van der Waals surface area contributed by atoms with Gasteiger partial charge in [0.25, 0.3) is 0 Å². The Morgan fingerprint density at radius 2 is 1.86 bits per heavy atom. The van der Waals surface area contributed by atoms with Crippen LogP contribution in [0, 0.1) is 46.3 Å². The number of aliphatic hydroxyl groups is 2. The molecule has 0 heterocycles. The zero-order valence-corrected chi connectivity index (χ0v) is 18.1. The van der Waals surface area contributed by atoms with Gasteiger partial charge >= 0.3 is 5.97 Å². The Morgan fingerprint density at radius 3 is 2.55 bits per heavy atom. The van der Waals surface area contributed by atoms with Gasteiger partial charge in [-0.05, 0) is 80.0 Å². The third-order valence-corrected chi connectivity index (χ3v) is 10.1. The number of ketones is 1. The monoisotopic (exact) mass is 406 g/mol. The van der Waals surface area contributed by atoms with E-state index in [0.717, 1.165) is 32.1 Å². The van der Waals surface area contributed by atoms with E-state index in [4.69, 9.17) is 5.11 Å². The summed E-state index contributed by atoms with van der Waals surface area (Å²) >= 11 is 0. The zero-order valence-electron chi connectivity index (χ0n) is 18.1. The first kappa shape index (κ1) is 21.3. The second kappa shape index (κ2) is 7.33. The zero-order chi connectivity index (χ0) is 21.1. The Kier molecular flexibility index (Phi) is 5.39. The number of hydrogen-bond acceptors (Lipinski definition) is 4. The van der Waals surface area contributed by atoms with E-state index in [1.807, 2.05) is 0 Å². The van der Waals surface area contributed by atoms with Gasteiger partial charge in [0.2, 0.25) is 0 Å². The van der Waals surface area contributed by atoms with Gasteiger partial charge in [0.05, 0.1) is 12.2 Å². The van der Waals surface area contributed by atoms with Gasteiger partial charge in [-0.2, -0.15) is 0 Å². The number of rotatable bonds is 4. The van der Waals surface area contributed by atoms with Crippen LogP contribution in [0.1, 0.15) is 78.6 Å². The fraction of sp³-hybridized carbons (Fsp3) is 0.917. The van der Waals surface area contributed by atoms with Crippen molar-refractivity contribution in [3.8, 4) is 0 Å². The molecule has 0 saturated heterocycles. The molecular formula is C24H38O5. The molecule has 4 saturated carbocycles. The number of carbonyl (C=O) groups excluding carboxylic acids is 1. The highest BCUT2D eigenvalue weighted by Gasteiger charge is 2.65. The average Bonchev–Trinajstić information content (AvgIpc) is 3.01. The molecule has 4 aliphatic rings. The fourth-order valence-electron chi connectivity index (χ4n) is 8.40. The summed E-state index contributed by atoms with van der Waals surface area (Å²) in [5, 5.41) is 30.7. The van der Waals surface area contributed by atoms with E-state index in [2.05, 4.69) is 20.8 Å². The summed E-state index contributed by atoms with van der Waals surface area (Å²) < 4.78 is 0. The largest absolute Gasteiger partial charge is 0.481 e. The molecule has 0 unspecified atom stereocenters. The number of fused-ring (bicyclic) bond motifs is 5. The van der Waals surface area contributed by atoms with Crippen molar-refractivity contribution in [3.63, 3.8) is 0 Å². The van der Waals surface area contributed by atoms with Crippen LogP contribution in [-0.4, -0.2) is 39.3 Å². The predicted molar refractivity (Wildman–Crippen MR) is 109 cm³/mol. The van der Waals surface area contributed by atoms with E-state index < -0.39 is 12.1 Å². The summed E-state index contributed by atoms with van der Waals surface area (Å²) in [6, 6.07) is 0. The maximum absolute atomic E-state index is 13.4. The summed E-state index contributed by atoms with van der Waals surface area (Å²) in [6.07, 6.45) is 5.74. The molecule has 0 amide bonds. The number of carbonyl (C=O) groups is 2. The van der Waals surface area contributed by atoms with Gasteiger partial charge in [-0.25, -0.2) is 0 Å². The second-order valence-corrected chi connectivity index (χ2v) is 11.3. The minimum absolute atomic E-state index is 0.0246. The average molecular weight is 407 g/mol. The van der Waals surface area contributed by atoms with E-state index in [1.165, 1.54) is 0 Å². The molecule has 29 heavy (non-hydrogen) atoms. The van der Waals surface area contributed by atoms with Crippen LogP contribution in [0.25, 0.3) is 0 Å². The van der Waals surface area contributed by atoms with Crippen molar-refractivity contribution in [1.29, 1.82) is 0 Å². The number of Topliss-reactive ketones (excluding diaryl/α,β-unsaturated/α-hetero) is 1. The number of carboxylic acid groups (broad SMARTS) is 1. The summed E-state index contributed by atoms with van der Waals surface area (Å²) in [4.78, 5) is 24.4. The molecule has 3 N–H and O–H groups in total. The van der Waals surface area contributed by atoms with E-state index >= 15 is 0 Å². The first-order valence-electron chi connectivity index (χ1n) is 11.7. The second-order valence-electron chi connectivity index (χ2n) is 11.3. The Hall–Kier alpha value is -0.940.